The average Bonchev–Trinajstić information content (AvgIpc) is 2.90. The van der Waals surface area contributed by atoms with Gasteiger partial charge in [-0.25, -0.2) is 4.98 Å². The number of imidazole rings is 1. The monoisotopic (exact) mass is 288 g/mol. The van der Waals surface area contributed by atoms with Crippen LogP contribution in [0.4, 0.5) is 0 Å². The van der Waals surface area contributed by atoms with Crippen molar-refractivity contribution in [3.63, 3.8) is 0 Å². The molecule has 0 unspecified atom stereocenters. The van der Waals surface area contributed by atoms with E-state index in [0.717, 1.165) is 11.3 Å². The molecule has 0 saturated heterocycles. The predicted octanol–water partition coefficient (Wildman–Crippen LogP) is 3.58. The molecule has 1 aromatic carbocycles. The number of fused-ring (bicyclic) bond motifs is 1. The van der Waals surface area contributed by atoms with Crippen molar-refractivity contribution in [3.05, 3.63) is 59.5 Å². The van der Waals surface area contributed by atoms with Crippen molar-refractivity contribution in [3.8, 4) is 11.5 Å². The summed E-state index contributed by atoms with van der Waals surface area (Å²) in [7, 11) is 1.62. The van der Waals surface area contributed by atoms with Gasteiger partial charge in [-0.15, -0.1) is 0 Å². The first-order valence-corrected chi connectivity index (χ1v) is 6.54. The predicted molar refractivity (Wildman–Crippen MR) is 77.5 cm³/mol. The van der Waals surface area contributed by atoms with E-state index in [2.05, 4.69) is 4.98 Å². The minimum absolute atomic E-state index is 0.360. The number of nitrogens with zero attached hydrogens (tertiary/aromatic N) is 2. The van der Waals surface area contributed by atoms with E-state index in [1.165, 1.54) is 0 Å². The highest BCUT2D eigenvalue weighted by Gasteiger charge is 2.07. The van der Waals surface area contributed by atoms with E-state index in [0.29, 0.717) is 23.3 Å². The Hall–Kier alpha value is -2.20. The van der Waals surface area contributed by atoms with Crippen LogP contribution >= 0.6 is 11.6 Å². The molecule has 102 valence electrons. The van der Waals surface area contributed by atoms with E-state index in [1.807, 2.05) is 53.1 Å². The molecule has 0 bridgehead atoms. The third-order valence-corrected chi connectivity index (χ3v) is 3.25. The number of pyridine rings is 1. The van der Waals surface area contributed by atoms with Gasteiger partial charge in [-0.3, -0.25) is 4.40 Å². The maximum atomic E-state index is 6.10. The molecule has 3 rings (SSSR count). The van der Waals surface area contributed by atoms with Gasteiger partial charge in [0.1, 0.15) is 17.4 Å². The van der Waals surface area contributed by atoms with E-state index in [-0.39, 0.29) is 0 Å². The van der Waals surface area contributed by atoms with E-state index >= 15 is 0 Å². The molecule has 0 aliphatic rings. The fraction of sp³-hybridized carbons (Fsp3) is 0.133. The Morgan fingerprint density at radius 1 is 1.10 bits per heavy atom. The zero-order valence-electron chi connectivity index (χ0n) is 10.9. The number of hydrogen-bond donors (Lipinski definition) is 0. The summed E-state index contributed by atoms with van der Waals surface area (Å²) < 4.78 is 12.8. The van der Waals surface area contributed by atoms with Crippen LogP contribution in [0.3, 0.4) is 0 Å². The summed E-state index contributed by atoms with van der Waals surface area (Å²) in [4.78, 5) is 4.46. The smallest absolute Gasteiger partial charge is 0.161 e. The number of aromatic nitrogens is 2. The Labute approximate surface area is 121 Å². The maximum Gasteiger partial charge on any atom is 0.161 e. The van der Waals surface area contributed by atoms with Crippen molar-refractivity contribution < 1.29 is 9.47 Å². The second-order valence-electron chi connectivity index (χ2n) is 4.25. The number of methoxy groups -OCH3 is 1. The van der Waals surface area contributed by atoms with Gasteiger partial charge in [0.25, 0.3) is 0 Å². The minimum Gasteiger partial charge on any atom is -0.493 e. The van der Waals surface area contributed by atoms with Crippen molar-refractivity contribution in [2.24, 2.45) is 0 Å². The lowest BCUT2D eigenvalue weighted by atomic mass is 10.3. The SMILES string of the molecule is COc1ccccc1OCc1cn2c(Cl)cccc2n1. The van der Waals surface area contributed by atoms with Crippen LogP contribution in [0.15, 0.2) is 48.7 Å². The second-order valence-corrected chi connectivity index (χ2v) is 4.64. The fourth-order valence-electron chi connectivity index (χ4n) is 1.99. The van der Waals surface area contributed by atoms with E-state index in [4.69, 9.17) is 21.1 Å². The molecule has 2 heterocycles. The molecule has 0 N–H and O–H groups in total. The molecule has 0 saturated carbocycles. The zero-order chi connectivity index (χ0) is 13.9. The second kappa shape index (κ2) is 5.43. The van der Waals surface area contributed by atoms with Crippen molar-refractivity contribution in [2.75, 3.05) is 7.11 Å². The lowest BCUT2D eigenvalue weighted by Crippen LogP contribution is -1.97. The van der Waals surface area contributed by atoms with Gasteiger partial charge in [0.2, 0.25) is 0 Å². The Morgan fingerprint density at radius 3 is 2.65 bits per heavy atom. The maximum absolute atomic E-state index is 6.10. The van der Waals surface area contributed by atoms with Crippen LogP contribution in [0.25, 0.3) is 5.65 Å². The largest absolute Gasteiger partial charge is 0.493 e. The number of ether oxygens (including phenoxy) is 2. The standard InChI is InChI=1S/C15H13ClN2O2/c1-19-12-5-2-3-6-13(12)20-10-11-9-18-14(16)7-4-8-15(18)17-11/h2-9H,10H2,1H3. The van der Waals surface area contributed by atoms with E-state index in [9.17, 15) is 0 Å². The van der Waals surface area contributed by atoms with Crippen LogP contribution in [0, 0.1) is 0 Å². The first-order valence-electron chi connectivity index (χ1n) is 6.16. The van der Waals surface area contributed by atoms with Crippen LogP contribution < -0.4 is 9.47 Å². The molecule has 0 spiro atoms. The topological polar surface area (TPSA) is 35.8 Å². The molecule has 0 amide bonds. The summed E-state index contributed by atoms with van der Waals surface area (Å²) in [5.41, 5.74) is 1.61. The van der Waals surface area contributed by atoms with Crippen molar-refractivity contribution >= 4 is 17.2 Å². The number of halogens is 1. The first kappa shape index (κ1) is 12.8. The highest BCUT2D eigenvalue weighted by Crippen LogP contribution is 2.26. The molecule has 20 heavy (non-hydrogen) atoms. The lowest BCUT2D eigenvalue weighted by molar-refractivity contribution is 0.281. The molecule has 5 heteroatoms. The van der Waals surface area contributed by atoms with Crippen LogP contribution in [0.5, 0.6) is 11.5 Å². The highest BCUT2D eigenvalue weighted by atomic mass is 35.5. The highest BCUT2D eigenvalue weighted by molar-refractivity contribution is 6.29. The lowest BCUT2D eigenvalue weighted by Gasteiger charge is -2.08. The molecule has 4 nitrogen and oxygen atoms in total. The van der Waals surface area contributed by atoms with Crippen LogP contribution in [0.2, 0.25) is 5.15 Å². The van der Waals surface area contributed by atoms with Gasteiger partial charge in [-0.1, -0.05) is 29.8 Å². The van der Waals surface area contributed by atoms with Gasteiger partial charge in [-0.05, 0) is 24.3 Å². The normalized spacial score (nSPS) is 10.7. The van der Waals surface area contributed by atoms with Crippen LogP contribution in [-0.2, 0) is 6.61 Å². The zero-order valence-corrected chi connectivity index (χ0v) is 11.7. The van der Waals surface area contributed by atoms with Gasteiger partial charge < -0.3 is 9.47 Å². The Bertz CT molecular complexity index is 740. The summed E-state index contributed by atoms with van der Waals surface area (Å²) in [6, 6.07) is 13.1. The first-order chi connectivity index (χ1) is 9.78. The van der Waals surface area contributed by atoms with Crippen molar-refractivity contribution in [1.29, 1.82) is 0 Å². The number of para-hydroxylation sites is 2. The van der Waals surface area contributed by atoms with Crippen LogP contribution in [-0.4, -0.2) is 16.5 Å². The van der Waals surface area contributed by atoms with Gasteiger partial charge in [0, 0.05) is 6.20 Å². The Kier molecular flexibility index (Phi) is 3.48. The molecule has 0 aliphatic carbocycles. The van der Waals surface area contributed by atoms with Crippen molar-refractivity contribution in [1.82, 2.24) is 9.38 Å². The molecule has 0 aliphatic heterocycles. The molecule has 0 fully saturated rings. The third-order valence-electron chi connectivity index (χ3n) is 2.94. The van der Waals surface area contributed by atoms with Gasteiger partial charge in [0.15, 0.2) is 11.5 Å². The number of hydrogen-bond acceptors (Lipinski definition) is 3. The van der Waals surface area contributed by atoms with E-state index < -0.39 is 0 Å². The molecule has 2 aromatic heterocycles. The average molecular weight is 289 g/mol. The minimum atomic E-state index is 0.360. The van der Waals surface area contributed by atoms with E-state index in [1.54, 1.807) is 7.11 Å². The van der Waals surface area contributed by atoms with Gasteiger partial charge >= 0.3 is 0 Å². The summed E-state index contributed by atoms with van der Waals surface area (Å²) in [5.74, 6) is 1.40. The molecule has 0 radical (unpaired) electrons. The molecule has 0 atom stereocenters. The fourth-order valence-corrected chi connectivity index (χ4v) is 2.19. The third kappa shape index (κ3) is 2.42. The molecular weight excluding hydrogens is 276 g/mol. The molecule has 3 aromatic rings. The van der Waals surface area contributed by atoms with Crippen molar-refractivity contribution in [2.45, 2.75) is 6.61 Å². The van der Waals surface area contributed by atoms with Gasteiger partial charge in [0.05, 0.1) is 12.8 Å². The summed E-state index contributed by atoms with van der Waals surface area (Å²) in [5, 5.41) is 0.624. The van der Waals surface area contributed by atoms with Crippen LogP contribution in [0.1, 0.15) is 5.69 Å². The summed E-state index contributed by atoms with van der Waals surface area (Å²) in [6.45, 7) is 0.360. The van der Waals surface area contributed by atoms with Gasteiger partial charge in [-0.2, -0.15) is 0 Å². The summed E-state index contributed by atoms with van der Waals surface area (Å²) >= 11 is 6.10. The number of rotatable bonds is 4. The molecular formula is C15H13ClN2O2. The Balaban J connectivity index is 1.82. The Morgan fingerprint density at radius 2 is 1.90 bits per heavy atom. The summed E-state index contributed by atoms with van der Waals surface area (Å²) in [6.07, 6.45) is 1.87. The quantitative estimate of drug-likeness (QED) is 0.689. The number of benzene rings is 1.